The van der Waals surface area contributed by atoms with E-state index >= 15 is 0 Å². The van der Waals surface area contributed by atoms with Crippen LogP contribution in [0.5, 0.6) is 0 Å². The van der Waals surface area contributed by atoms with E-state index in [2.05, 4.69) is 46.7 Å². The summed E-state index contributed by atoms with van der Waals surface area (Å²) < 4.78 is 0. The molecule has 4 heteroatoms. The molecule has 1 aliphatic heterocycles. The van der Waals surface area contributed by atoms with Crippen LogP contribution in [0.2, 0.25) is 0 Å². The molecule has 2 N–H and O–H groups in total. The second-order valence-corrected chi connectivity index (χ2v) is 7.11. The van der Waals surface area contributed by atoms with Crippen molar-refractivity contribution in [3.8, 4) is 0 Å². The number of urea groups is 1. The number of nitrogens with one attached hydrogen (secondary N) is 2. The highest BCUT2D eigenvalue weighted by atomic mass is 16.2. The molecule has 0 atom stereocenters. The molecule has 1 aromatic rings. The third-order valence-corrected chi connectivity index (χ3v) is 5.32. The number of rotatable bonds is 6. The summed E-state index contributed by atoms with van der Waals surface area (Å²) in [5, 5.41) is 6.08. The van der Waals surface area contributed by atoms with Crippen molar-refractivity contribution in [2.75, 3.05) is 32.7 Å². The van der Waals surface area contributed by atoms with Crippen LogP contribution in [-0.2, 0) is 5.41 Å². The van der Waals surface area contributed by atoms with Crippen LogP contribution in [0.1, 0.15) is 43.2 Å². The first-order chi connectivity index (χ1) is 11.2. The standard InChI is InChI=1S/C19H29N3O/c1-16-7-3-4-8-17(16)19(9-10-19)15-21-18(23)20-11-14-22-12-5-2-6-13-22/h3-4,7-8H,2,5-6,9-15H2,1H3,(H2,20,21,23). The number of nitrogens with zero attached hydrogens (tertiary/aromatic N) is 1. The first-order valence-corrected chi connectivity index (χ1v) is 9.00. The Morgan fingerprint density at radius 3 is 2.57 bits per heavy atom. The molecule has 2 aliphatic rings. The molecule has 2 amide bonds. The zero-order valence-corrected chi connectivity index (χ0v) is 14.2. The van der Waals surface area contributed by atoms with E-state index < -0.39 is 0 Å². The Kier molecular flexibility index (Phi) is 5.21. The summed E-state index contributed by atoms with van der Waals surface area (Å²) in [6.45, 7) is 6.97. The van der Waals surface area contributed by atoms with E-state index in [0.29, 0.717) is 0 Å². The van der Waals surface area contributed by atoms with Crippen molar-refractivity contribution in [1.82, 2.24) is 15.5 Å². The van der Waals surface area contributed by atoms with Gasteiger partial charge in [-0.1, -0.05) is 30.7 Å². The van der Waals surface area contributed by atoms with Crippen molar-refractivity contribution in [3.05, 3.63) is 35.4 Å². The number of piperidine rings is 1. The number of hydrogen-bond acceptors (Lipinski definition) is 2. The van der Waals surface area contributed by atoms with Gasteiger partial charge in [0.2, 0.25) is 0 Å². The summed E-state index contributed by atoms with van der Waals surface area (Å²) in [7, 11) is 0. The molecule has 0 unspecified atom stereocenters. The highest BCUT2D eigenvalue weighted by molar-refractivity contribution is 5.74. The molecule has 126 valence electrons. The van der Waals surface area contributed by atoms with Gasteiger partial charge >= 0.3 is 6.03 Å². The van der Waals surface area contributed by atoms with Crippen molar-refractivity contribution in [1.29, 1.82) is 0 Å². The number of aryl methyl sites for hydroxylation is 1. The molecule has 1 aliphatic carbocycles. The van der Waals surface area contributed by atoms with Crippen molar-refractivity contribution in [3.63, 3.8) is 0 Å². The summed E-state index contributed by atoms with van der Waals surface area (Å²) in [6.07, 6.45) is 6.29. The van der Waals surface area contributed by atoms with E-state index in [1.165, 1.54) is 56.3 Å². The van der Waals surface area contributed by atoms with Gasteiger partial charge in [-0.25, -0.2) is 4.79 Å². The summed E-state index contributed by atoms with van der Waals surface area (Å²) in [5.74, 6) is 0. The van der Waals surface area contributed by atoms with Gasteiger partial charge in [-0.05, 0) is 56.8 Å². The lowest BCUT2D eigenvalue weighted by molar-refractivity contribution is 0.220. The largest absolute Gasteiger partial charge is 0.337 e. The zero-order chi connectivity index (χ0) is 16.1. The summed E-state index contributed by atoms with van der Waals surface area (Å²) in [6, 6.07) is 8.52. The van der Waals surface area contributed by atoms with E-state index in [-0.39, 0.29) is 11.4 Å². The smallest absolute Gasteiger partial charge is 0.314 e. The van der Waals surface area contributed by atoms with E-state index in [1.54, 1.807) is 0 Å². The average Bonchev–Trinajstić information content (AvgIpc) is 3.35. The maximum absolute atomic E-state index is 12.0. The van der Waals surface area contributed by atoms with Crippen LogP contribution < -0.4 is 10.6 Å². The second-order valence-electron chi connectivity index (χ2n) is 7.11. The maximum Gasteiger partial charge on any atom is 0.314 e. The second kappa shape index (κ2) is 7.35. The Morgan fingerprint density at radius 2 is 1.87 bits per heavy atom. The van der Waals surface area contributed by atoms with E-state index in [0.717, 1.165) is 19.6 Å². The van der Waals surface area contributed by atoms with Crippen molar-refractivity contribution < 1.29 is 4.79 Å². The third-order valence-electron chi connectivity index (χ3n) is 5.32. The molecule has 2 fully saturated rings. The van der Waals surface area contributed by atoms with Crippen LogP contribution >= 0.6 is 0 Å². The molecule has 0 radical (unpaired) electrons. The predicted molar refractivity (Wildman–Crippen MR) is 93.8 cm³/mol. The maximum atomic E-state index is 12.0. The Bertz CT molecular complexity index is 533. The van der Waals surface area contributed by atoms with E-state index in [1.807, 2.05) is 0 Å². The Morgan fingerprint density at radius 1 is 1.13 bits per heavy atom. The van der Waals surface area contributed by atoms with Gasteiger partial charge in [0, 0.05) is 25.0 Å². The molecule has 0 bridgehead atoms. The zero-order valence-electron chi connectivity index (χ0n) is 14.2. The predicted octanol–water partition coefficient (Wildman–Crippen LogP) is 2.81. The molecule has 1 saturated carbocycles. The molecule has 3 rings (SSSR count). The lowest BCUT2D eigenvalue weighted by Crippen LogP contribution is -2.43. The van der Waals surface area contributed by atoms with Gasteiger partial charge < -0.3 is 15.5 Å². The molecule has 0 spiro atoms. The van der Waals surface area contributed by atoms with E-state index in [9.17, 15) is 4.79 Å². The molecule has 1 saturated heterocycles. The van der Waals surface area contributed by atoms with Crippen LogP contribution in [0, 0.1) is 6.92 Å². The molecule has 4 nitrogen and oxygen atoms in total. The molecule has 1 heterocycles. The van der Waals surface area contributed by atoms with Gasteiger partial charge in [0.1, 0.15) is 0 Å². The van der Waals surface area contributed by atoms with Gasteiger partial charge in [0.15, 0.2) is 0 Å². The quantitative estimate of drug-likeness (QED) is 0.848. The van der Waals surface area contributed by atoms with Crippen LogP contribution in [0.3, 0.4) is 0 Å². The van der Waals surface area contributed by atoms with Crippen LogP contribution in [0.15, 0.2) is 24.3 Å². The number of carbonyl (C=O) groups excluding carboxylic acids is 1. The van der Waals surface area contributed by atoms with E-state index in [4.69, 9.17) is 0 Å². The molecule has 23 heavy (non-hydrogen) atoms. The number of carbonyl (C=O) groups is 1. The lowest BCUT2D eigenvalue weighted by Gasteiger charge is -2.26. The Hall–Kier alpha value is -1.55. The first kappa shape index (κ1) is 16.3. The fourth-order valence-corrected chi connectivity index (χ4v) is 3.68. The van der Waals surface area contributed by atoms with Crippen LogP contribution in [0.4, 0.5) is 4.79 Å². The topological polar surface area (TPSA) is 44.4 Å². The normalized spacial score (nSPS) is 20.0. The van der Waals surface area contributed by atoms with Crippen LogP contribution in [0.25, 0.3) is 0 Å². The summed E-state index contributed by atoms with van der Waals surface area (Å²) in [5.41, 5.74) is 2.90. The summed E-state index contributed by atoms with van der Waals surface area (Å²) in [4.78, 5) is 14.5. The number of hydrogen-bond donors (Lipinski definition) is 2. The van der Waals surface area contributed by atoms with Gasteiger partial charge in [-0.3, -0.25) is 0 Å². The van der Waals surface area contributed by atoms with Gasteiger partial charge in [-0.15, -0.1) is 0 Å². The van der Waals surface area contributed by atoms with Crippen LogP contribution in [-0.4, -0.2) is 43.7 Å². The minimum absolute atomic E-state index is 0.0260. The van der Waals surface area contributed by atoms with Gasteiger partial charge in [0.05, 0.1) is 0 Å². The Balaban J connectivity index is 1.40. The molecular formula is C19H29N3O. The third kappa shape index (κ3) is 4.25. The average molecular weight is 315 g/mol. The number of amides is 2. The lowest BCUT2D eigenvalue weighted by atomic mass is 9.92. The van der Waals surface area contributed by atoms with Crippen molar-refractivity contribution >= 4 is 6.03 Å². The minimum atomic E-state index is -0.0260. The summed E-state index contributed by atoms with van der Waals surface area (Å²) >= 11 is 0. The SMILES string of the molecule is Cc1ccccc1C1(CNC(=O)NCCN2CCCCC2)CC1. The van der Waals surface area contributed by atoms with Gasteiger partial charge in [0.25, 0.3) is 0 Å². The number of likely N-dealkylation sites (tertiary alicyclic amines) is 1. The highest BCUT2D eigenvalue weighted by Crippen LogP contribution is 2.48. The highest BCUT2D eigenvalue weighted by Gasteiger charge is 2.45. The fraction of sp³-hybridized carbons (Fsp3) is 0.632. The number of benzene rings is 1. The Labute approximate surface area is 139 Å². The first-order valence-electron chi connectivity index (χ1n) is 9.00. The fourth-order valence-electron chi connectivity index (χ4n) is 3.68. The minimum Gasteiger partial charge on any atom is -0.337 e. The van der Waals surface area contributed by atoms with Crippen molar-refractivity contribution in [2.24, 2.45) is 0 Å². The molecular weight excluding hydrogens is 286 g/mol. The molecule has 1 aromatic carbocycles. The van der Waals surface area contributed by atoms with Gasteiger partial charge in [-0.2, -0.15) is 0 Å². The van der Waals surface area contributed by atoms with Crippen molar-refractivity contribution in [2.45, 2.75) is 44.4 Å². The molecule has 0 aromatic heterocycles. The monoisotopic (exact) mass is 315 g/mol.